The fourth-order valence-electron chi connectivity index (χ4n) is 3.31. The fourth-order valence-corrected chi connectivity index (χ4v) is 3.31. The van der Waals surface area contributed by atoms with E-state index in [1.165, 1.54) is 0 Å². The van der Waals surface area contributed by atoms with Gasteiger partial charge in [0.05, 0.1) is 0 Å². The maximum absolute atomic E-state index is 12.3. The van der Waals surface area contributed by atoms with Gasteiger partial charge < -0.3 is 20.3 Å². The number of amides is 1. The minimum absolute atomic E-state index is 0.00794. The molecule has 2 unspecified atom stereocenters. The molecule has 4 rings (SSSR count). The van der Waals surface area contributed by atoms with E-state index >= 15 is 0 Å². The van der Waals surface area contributed by atoms with Crippen LogP contribution in [0.25, 0.3) is 0 Å². The standard InChI is InChI=1S/C19H24N4O3/c20-14-3-1-2-13(10-14)18(24)21-15-6-8-16(9-7-15)25-11-17-22-19(26-23-17)12-4-5-12/h6-9,12-14H,1-5,10-11,20H2,(H,21,24). The van der Waals surface area contributed by atoms with Crippen molar-refractivity contribution < 1.29 is 14.1 Å². The largest absolute Gasteiger partial charge is 0.485 e. The van der Waals surface area contributed by atoms with Crippen molar-refractivity contribution in [1.82, 2.24) is 10.1 Å². The summed E-state index contributed by atoms with van der Waals surface area (Å²) in [6, 6.07) is 7.46. The lowest BCUT2D eigenvalue weighted by Gasteiger charge is -2.25. The van der Waals surface area contributed by atoms with E-state index in [4.69, 9.17) is 15.0 Å². The van der Waals surface area contributed by atoms with Gasteiger partial charge in [-0.1, -0.05) is 11.6 Å². The molecule has 7 heteroatoms. The number of rotatable bonds is 6. The van der Waals surface area contributed by atoms with Crippen LogP contribution in [0.1, 0.15) is 56.2 Å². The third kappa shape index (κ3) is 4.22. The van der Waals surface area contributed by atoms with Gasteiger partial charge in [0.15, 0.2) is 6.61 Å². The number of nitrogens with one attached hydrogen (secondary N) is 1. The maximum atomic E-state index is 12.3. The first-order valence-corrected chi connectivity index (χ1v) is 9.29. The lowest BCUT2D eigenvalue weighted by atomic mass is 9.85. The Kier molecular flexibility index (Phi) is 4.88. The molecule has 2 aromatic rings. The minimum Gasteiger partial charge on any atom is -0.485 e. The normalized spacial score (nSPS) is 22.8. The number of nitrogens with zero attached hydrogens (tertiary/aromatic N) is 2. The SMILES string of the molecule is NC1CCCC(C(=O)Nc2ccc(OCc3noc(C4CC4)n3)cc2)C1. The molecule has 1 aromatic carbocycles. The lowest BCUT2D eigenvalue weighted by molar-refractivity contribution is -0.120. The second-order valence-corrected chi connectivity index (χ2v) is 7.25. The molecule has 0 aliphatic heterocycles. The van der Waals surface area contributed by atoms with Gasteiger partial charge in [0.1, 0.15) is 5.75 Å². The smallest absolute Gasteiger partial charge is 0.229 e. The Labute approximate surface area is 152 Å². The predicted octanol–water partition coefficient (Wildman–Crippen LogP) is 2.98. The van der Waals surface area contributed by atoms with Crippen LogP contribution in [-0.2, 0) is 11.4 Å². The van der Waals surface area contributed by atoms with Crippen LogP contribution in [0.15, 0.2) is 28.8 Å². The molecule has 2 saturated carbocycles. The Morgan fingerprint density at radius 2 is 2.04 bits per heavy atom. The van der Waals surface area contributed by atoms with Crippen molar-refractivity contribution in [2.24, 2.45) is 11.7 Å². The summed E-state index contributed by atoms with van der Waals surface area (Å²) in [6.07, 6.45) is 5.96. The molecule has 26 heavy (non-hydrogen) atoms. The summed E-state index contributed by atoms with van der Waals surface area (Å²) in [7, 11) is 0. The van der Waals surface area contributed by atoms with Crippen molar-refractivity contribution >= 4 is 11.6 Å². The van der Waals surface area contributed by atoms with E-state index in [1.807, 2.05) is 24.3 Å². The van der Waals surface area contributed by atoms with Gasteiger partial charge in [0.2, 0.25) is 17.6 Å². The van der Waals surface area contributed by atoms with Crippen LogP contribution >= 0.6 is 0 Å². The molecule has 0 radical (unpaired) electrons. The highest BCUT2D eigenvalue weighted by Gasteiger charge is 2.29. The Balaban J connectivity index is 1.27. The zero-order valence-corrected chi connectivity index (χ0v) is 14.7. The van der Waals surface area contributed by atoms with Gasteiger partial charge in [-0.25, -0.2) is 0 Å². The Hall–Kier alpha value is -2.41. The highest BCUT2D eigenvalue weighted by molar-refractivity contribution is 5.92. The van der Waals surface area contributed by atoms with E-state index in [1.54, 1.807) is 0 Å². The van der Waals surface area contributed by atoms with Crippen LogP contribution in [0.2, 0.25) is 0 Å². The van der Waals surface area contributed by atoms with E-state index in [0.717, 1.165) is 44.2 Å². The Morgan fingerprint density at radius 3 is 2.77 bits per heavy atom. The van der Waals surface area contributed by atoms with Crippen molar-refractivity contribution in [3.63, 3.8) is 0 Å². The highest BCUT2D eigenvalue weighted by atomic mass is 16.5. The van der Waals surface area contributed by atoms with Gasteiger partial charge in [-0.3, -0.25) is 4.79 Å². The molecule has 2 aliphatic rings. The van der Waals surface area contributed by atoms with E-state index in [0.29, 0.717) is 23.4 Å². The van der Waals surface area contributed by atoms with Crippen LogP contribution in [0.4, 0.5) is 5.69 Å². The van der Waals surface area contributed by atoms with E-state index in [9.17, 15) is 4.79 Å². The predicted molar refractivity (Wildman–Crippen MR) is 95.6 cm³/mol. The lowest BCUT2D eigenvalue weighted by Crippen LogP contribution is -2.34. The number of benzene rings is 1. The number of ether oxygens (including phenoxy) is 1. The molecule has 3 N–H and O–H groups in total. The summed E-state index contributed by atoms with van der Waals surface area (Å²) in [6.45, 7) is 0.266. The first kappa shape index (κ1) is 17.0. The molecule has 0 saturated heterocycles. The topological polar surface area (TPSA) is 103 Å². The van der Waals surface area contributed by atoms with Crippen LogP contribution in [0.5, 0.6) is 5.75 Å². The monoisotopic (exact) mass is 356 g/mol. The van der Waals surface area contributed by atoms with Gasteiger partial charge in [0.25, 0.3) is 0 Å². The van der Waals surface area contributed by atoms with Crippen molar-refractivity contribution in [3.05, 3.63) is 36.0 Å². The Bertz CT molecular complexity index is 754. The average Bonchev–Trinajstić information content (AvgIpc) is 3.39. The van der Waals surface area contributed by atoms with Gasteiger partial charge >= 0.3 is 0 Å². The number of carbonyl (C=O) groups is 1. The summed E-state index contributed by atoms with van der Waals surface area (Å²) < 4.78 is 10.9. The molecule has 0 bridgehead atoms. The first-order valence-electron chi connectivity index (χ1n) is 9.29. The number of aromatic nitrogens is 2. The molecule has 1 aromatic heterocycles. The number of hydrogen-bond donors (Lipinski definition) is 2. The number of anilines is 1. The van der Waals surface area contributed by atoms with E-state index < -0.39 is 0 Å². The number of nitrogens with two attached hydrogens (primary N) is 1. The molecular weight excluding hydrogens is 332 g/mol. The molecule has 0 spiro atoms. The van der Waals surface area contributed by atoms with Crippen LogP contribution in [-0.4, -0.2) is 22.1 Å². The molecule has 2 aliphatic carbocycles. The van der Waals surface area contributed by atoms with Gasteiger partial charge in [-0.2, -0.15) is 4.98 Å². The fraction of sp³-hybridized carbons (Fsp3) is 0.526. The molecular formula is C19H24N4O3. The van der Waals surface area contributed by atoms with Crippen molar-refractivity contribution in [1.29, 1.82) is 0 Å². The molecule has 1 heterocycles. The summed E-state index contributed by atoms with van der Waals surface area (Å²) in [4.78, 5) is 16.7. The summed E-state index contributed by atoms with van der Waals surface area (Å²) in [5, 5.41) is 6.90. The van der Waals surface area contributed by atoms with Crippen molar-refractivity contribution in [2.75, 3.05) is 5.32 Å². The Morgan fingerprint density at radius 1 is 1.23 bits per heavy atom. The quantitative estimate of drug-likeness (QED) is 0.825. The third-order valence-electron chi connectivity index (χ3n) is 4.99. The zero-order valence-electron chi connectivity index (χ0n) is 14.7. The second-order valence-electron chi connectivity index (χ2n) is 7.25. The van der Waals surface area contributed by atoms with Gasteiger partial charge in [0, 0.05) is 23.6 Å². The summed E-state index contributed by atoms with van der Waals surface area (Å²) in [5.74, 6) is 2.46. The molecule has 7 nitrogen and oxygen atoms in total. The molecule has 2 atom stereocenters. The van der Waals surface area contributed by atoms with E-state index in [-0.39, 0.29) is 24.5 Å². The van der Waals surface area contributed by atoms with Crippen molar-refractivity contribution in [2.45, 2.75) is 57.1 Å². The first-order chi connectivity index (χ1) is 12.7. The van der Waals surface area contributed by atoms with Crippen LogP contribution < -0.4 is 15.8 Å². The molecule has 1 amide bonds. The van der Waals surface area contributed by atoms with Gasteiger partial charge in [-0.15, -0.1) is 0 Å². The minimum atomic E-state index is 0.00794. The average molecular weight is 356 g/mol. The third-order valence-corrected chi connectivity index (χ3v) is 4.99. The number of hydrogen-bond acceptors (Lipinski definition) is 6. The van der Waals surface area contributed by atoms with Crippen LogP contribution in [0.3, 0.4) is 0 Å². The zero-order chi connectivity index (χ0) is 17.9. The number of carbonyl (C=O) groups excluding carboxylic acids is 1. The van der Waals surface area contributed by atoms with Crippen molar-refractivity contribution in [3.8, 4) is 5.75 Å². The summed E-state index contributed by atoms with van der Waals surface area (Å²) in [5.41, 5.74) is 6.73. The molecule has 2 fully saturated rings. The van der Waals surface area contributed by atoms with Crippen LogP contribution in [0, 0.1) is 5.92 Å². The van der Waals surface area contributed by atoms with E-state index in [2.05, 4.69) is 15.5 Å². The summed E-state index contributed by atoms with van der Waals surface area (Å²) >= 11 is 0. The second kappa shape index (κ2) is 7.45. The molecule has 138 valence electrons. The maximum Gasteiger partial charge on any atom is 0.229 e. The van der Waals surface area contributed by atoms with Gasteiger partial charge in [-0.05, 0) is 56.4 Å². The highest BCUT2D eigenvalue weighted by Crippen LogP contribution is 2.38.